The number of cyclic esters (lactones) is 1. The number of ether oxygens (including phenoxy) is 1. The van der Waals surface area contributed by atoms with Gasteiger partial charge in [-0.05, 0) is 12.3 Å². The minimum absolute atomic E-state index is 0.0637. The van der Waals surface area contributed by atoms with Crippen LogP contribution in [0, 0.1) is 5.92 Å². The van der Waals surface area contributed by atoms with Crippen LogP contribution in [0.3, 0.4) is 0 Å². The molecule has 3 atom stereocenters. The van der Waals surface area contributed by atoms with Gasteiger partial charge in [0.1, 0.15) is 6.10 Å². The Labute approximate surface area is 79.1 Å². The highest BCUT2D eigenvalue weighted by Crippen LogP contribution is 2.22. The molecule has 0 amide bonds. The van der Waals surface area contributed by atoms with E-state index in [1.54, 1.807) is 0 Å². The van der Waals surface area contributed by atoms with Crippen molar-refractivity contribution in [3.8, 4) is 0 Å². The molecule has 3 heteroatoms. The maximum Gasteiger partial charge on any atom is 0.308 e. The summed E-state index contributed by atoms with van der Waals surface area (Å²) >= 11 is 0. The van der Waals surface area contributed by atoms with Crippen molar-refractivity contribution in [1.82, 2.24) is 0 Å². The van der Waals surface area contributed by atoms with E-state index in [-0.39, 0.29) is 18.5 Å². The summed E-state index contributed by atoms with van der Waals surface area (Å²) in [4.78, 5) is 11.0. The molecule has 0 bridgehead atoms. The van der Waals surface area contributed by atoms with Crippen molar-refractivity contribution in [2.75, 3.05) is 0 Å². The number of esters is 1. The molecule has 1 fully saturated rings. The van der Waals surface area contributed by atoms with E-state index in [1.807, 2.05) is 0 Å². The van der Waals surface area contributed by atoms with Gasteiger partial charge in [-0.3, -0.25) is 4.79 Å². The molecule has 1 aliphatic rings. The van der Waals surface area contributed by atoms with Gasteiger partial charge in [0.25, 0.3) is 0 Å². The van der Waals surface area contributed by atoms with E-state index in [9.17, 15) is 9.90 Å². The van der Waals surface area contributed by atoms with Crippen LogP contribution in [0.25, 0.3) is 0 Å². The summed E-state index contributed by atoms with van der Waals surface area (Å²) in [5.74, 6) is 0.301. The Hall–Kier alpha value is -0.570. The van der Waals surface area contributed by atoms with Crippen LogP contribution in [-0.2, 0) is 9.53 Å². The molecule has 0 radical (unpaired) electrons. The lowest BCUT2D eigenvalue weighted by Gasteiger charge is -2.27. The van der Waals surface area contributed by atoms with Gasteiger partial charge >= 0.3 is 5.97 Å². The average Bonchev–Trinajstić information content (AvgIpc) is 2.02. The fourth-order valence-electron chi connectivity index (χ4n) is 1.62. The Morgan fingerprint density at radius 3 is 2.92 bits per heavy atom. The summed E-state index contributed by atoms with van der Waals surface area (Å²) in [6.45, 7) is 4.25. The van der Waals surface area contributed by atoms with Crippen molar-refractivity contribution in [2.45, 2.75) is 51.7 Å². The van der Waals surface area contributed by atoms with Crippen LogP contribution >= 0.6 is 0 Å². The van der Waals surface area contributed by atoms with Gasteiger partial charge in [0.05, 0.1) is 12.5 Å². The summed E-state index contributed by atoms with van der Waals surface area (Å²) in [5.41, 5.74) is 0. The molecule has 0 aromatic carbocycles. The summed E-state index contributed by atoms with van der Waals surface area (Å²) in [7, 11) is 0. The van der Waals surface area contributed by atoms with Crippen molar-refractivity contribution >= 4 is 5.97 Å². The summed E-state index contributed by atoms with van der Waals surface area (Å²) in [5, 5.41) is 9.33. The van der Waals surface area contributed by atoms with Crippen LogP contribution in [0.5, 0.6) is 0 Å². The molecule has 0 aromatic rings. The standard InChI is InChI=1S/C10H18O3/c1-3-7(2)4-9-5-8(11)6-10(12)13-9/h7-9,11H,3-6H2,1-2H3/t7-,8-,9-/m0/s1. The van der Waals surface area contributed by atoms with Crippen molar-refractivity contribution in [2.24, 2.45) is 5.92 Å². The van der Waals surface area contributed by atoms with E-state index in [0.29, 0.717) is 12.3 Å². The van der Waals surface area contributed by atoms with E-state index in [1.165, 1.54) is 0 Å². The Balaban J connectivity index is 2.37. The zero-order valence-electron chi connectivity index (χ0n) is 8.32. The van der Waals surface area contributed by atoms with Crippen LogP contribution in [0.4, 0.5) is 0 Å². The van der Waals surface area contributed by atoms with Crippen LogP contribution in [-0.4, -0.2) is 23.3 Å². The highest BCUT2D eigenvalue weighted by molar-refractivity contribution is 5.70. The highest BCUT2D eigenvalue weighted by Gasteiger charge is 2.27. The van der Waals surface area contributed by atoms with Gasteiger partial charge in [0.2, 0.25) is 0 Å². The predicted molar refractivity (Wildman–Crippen MR) is 49.2 cm³/mol. The van der Waals surface area contributed by atoms with Gasteiger partial charge in [-0.2, -0.15) is 0 Å². The Kier molecular flexibility index (Phi) is 3.72. The van der Waals surface area contributed by atoms with Gasteiger partial charge in [0, 0.05) is 6.42 Å². The summed E-state index contributed by atoms with van der Waals surface area (Å²) in [6, 6.07) is 0. The maximum atomic E-state index is 11.0. The summed E-state index contributed by atoms with van der Waals surface area (Å²) in [6.07, 6.45) is 2.18. The largest absolute Gasteiger partial charge is 0.462 e. The van der Waals surface area contributed by atoms with Crippen molar-refractivity contribution < 1.29 is 14.6 Å². The van der Waals surface area contributed by atoms with E-state index in [4.69, 9.17) is 4.74 Å². The molecular weight excluding hydrogens is 168 g/mol. The van der Waals surface area contributed by atoms with Crippen molar-refractivity contribution in [1.29, 1.82) is 0 Å². The molecule has 1 saturated heterocycles. The van der Waals surface area contributed by atoms with Crippen LogP contribution in [0.1, 0.15) is 39.5 Å². The molecular formula is C10H18O3. The molecule has 0 saturated carbocycles. The smallest absolute Gasteiger partial charge is 0.308 e. The molecule has 76 valence electrons. The van der Waals surface area contributed by atoms with E-state index >= 15 is 0 Å². The Morgan fingerprint density at radius 1 is 1.69 bits per heavy atom. The SMILES string of the molecule is CC[C@H](C)C[C@H]1C[C@H](O)CC(=O)O1. The van der Waals surface area contributed by atoms with E-state index < -0.39 is 6.10 Å². The van der Waals surface area contributed by atoms with Crippen LogP contribution in [0.2, 0.25) is 0 Å². The molecule has 1 N–H and O–H groups in total. The molecule has 1 aliphatic heterocycles. The second kappa shape index (κ2) is 4.61. The Bertz CT molecular complexity index is 179. The fourth-order valence-corrected chi connectivity index (χ4v) is 1.62. The van der Waals surface area contributed by atoms with E-state index in [2.05, 4.69) is 13.8 Å². The third-order valence-electron chi connectivity index (χ3n) is 2.60. The van der Waals surface area contributed by atoms with Gasteiger partial charge in [-0.1, -0.05) is 20.3 Å². The highest BCUT2D eigenvalue weighted by atomic mass is 16.5. The number of rotatable bonds is 3. The molecule has 0 spiro atoms. The minimum Gasteiger partial charge on any atom is -0.462 e. The van der Waals surface area contributed by atoms with Crippen molar-refractivity contribution in [3.05, 3.63) is 0 Å². The predicted octanol–water partition coefficient (Wildman–Crippen LogP) is 1.49. The topological polar surface area (TPSA) is 46.5 Å². The molecule has 1 rings (SSSR count). The molecule has 3 nitrogen and oxygen atoms in total. The van der Waals surface area contributed by atoms with Crippen LogP contribution < -0.4 is 0 Å². The van der Waals surface area contributed by atoms with E-state index in [0.717, 1.165) is 12.8 Å². The first kappa shape index (κ1) is 10.5. The normalized spacial score (nSPS) is 31.2. The number of hydrogen-bond donors (Lipinski definition) is 1. The van der Waals surface area contributed by atoms with Gasteiger partial charge < -0.3 is 9.84 Å². The number of hydrogen-bond acceptors (Lipinski definition) is 3. The first-order valence-electron chi connectivity index (χ1n) is 4.99. The molecule has 0 unspecified atom stereocenters. The summed E-state index contributed by atoms with van der Waals surface area (Å²) < 4.78 is 5.13. The van der Waals surface area contributed by atoms with Gasteiger partial charge in [0.15, 0.2) is 0 Å². The lowest BCUT2D eigenvalue weighted by molar-refractivity contribution is -0.161. The monoisotopic (exact) mass is 186 g/mol. The first-order chi connectivity index (χ1) is 6.11. The molecule has 13 heavy (non-hydrogen) atoms. The zero-order valence-corrected chi connectivity index (χ0v) is 8.32. The minimum atomic E-state index is -0.490. The quantitative estimate of drug-likeness (QED) is 0.679. The Morgan fingerprint density at radius 2 is 2.38 bits per heavy atom. The zero-order chi connectivity index (χ0) is 9.84. The second-order valence-corrected chi connectivity index (χ2v) is 3.95. The number of aliphatic hydroxyl groups excluding tert-OH is 1. The van der Waals surface area contributed by atoms with Crippen molar-refractivity contribution in [3.63, 3.8) is 0 Å². The van der Waals surface area contributed by atoms with Gasteiger partial charge in [-0.25, -0.2) is 0 Å². The van der Waals surface area contributed by atoms with Crippen LogP contribution in [0.15, 0.2) is 0 Å². The first-order valence-corrected chi connectivity index (χ1v) is 4.99. The molecule has 1 heterocycles. The maximum absolute atomic E-state index is 11.0. The number of aliphatic hydroxyl groups is 1. The third-order valence-corrected chi connectivity index (χ3v) is 2.60. The van der Waals surface area contributed by atoms with Gasteiger partial charge in [-0.15, -0.1) is 0 Å². The number of carbonyl (C=O) groups is 1. The average molecular weight is 186 g/mol. The third kappa shape index (κ3) is 3.35. The number of carbonyl (C=O) groups excluding carboxylic acids is 1. The fraction of sp³-hybridized carbons (Fsp3) is 0.900. The lowest BCUT2D eigenvalue weighted by atomic mass is 9.95. The second-order valence-electron chi connectivity index (χ2n) is 3.95. The molecule has 0 aliphatic carbocycles. The lowest BCUT2D eigenvalue weighted by Crippen LogP contribution is -2.33. The molecule has 0 aromatic heterocycles.